The lowest BCUT2D eigenvalue weighted by molar-refractivity contribution is -0.386. The molecule has 3 rings (SSSR count). The van der Waals surface area contributed by atoms with Crippen molar-refractivity contribution < 1.29 is 27.6 Å². The Bertz CT molecular complexity index is 1040. The molecule has 1 fully saturated rings. The van der Waals surface area contributed by atoms with Crippen LogP contribution in [0.1, 0.15) is 31.4 Å². The number of nitrogens with one attached hydrogen (secondary N) is 1. The third-order valence-corrected chi connectivity index (χ3v) is 7.19. The highest BCUT2D eigenvalue weighted by molar-refractivity contribution is 7.89. The summed E-state index contributed by atoms with van der Waals surface area (Å²) in [6.07, 6.45) is 0.535. The summed E-state index contributed by atoms with van der Waals surface area (Å²) in [6, 6.07) is 9.31. The number of rotatable bonds is 10. The zero-order valence-electron chi connectivity index (χ0n) is 17.6. The monoisotopic (exact) mass is 467 g/mol. The lowest BCUT2D eigenvalue weighted by Gasteiger charge is -2.18. The van der Waals surface area contributed by atoms with Crippen LogP contribution in [-0.2, 0) is 10.0 Å². The van der Waals surface area contributed by atoms with Gasteiger partial charge in [-0.2, -0.15) is 4.31 Å². The molecule has 0 bridgehead atoms. The standard InChI is InChI=1S/C21H26FN3O6S/c1-15(16-4-6-17(22)7-5-16)23-13-18(26)14-31-21-9-8-19(12-20(21)25(27)28)32(29,30)24-10-2-3-11-24/h4-9,12,15,18,23,26H,2-3,10-11,13-14H2,1H3/t15-,18+/m1/s1. The Hall–Kier alpha value is -2.60. The van der Waals surface area contributed by atoms with E-state index >= 15 is 0 Å². The molecule has 0 amide bonds. The number of ether oxygens (including phenoxy) is 1. The van der Waals surface area contributed by atoms with Gasteiger partial charge in [-0.15, -0.1) is 0 Å². The zero-order chi connectivity index (χ0) is 23.3. The average molecular weight is 468 g/mol. The van der Waals surface area contributed by atoms with Crippen LogP contribution in [0.2, 0.25) is 0 Å². The van der Waals surface area contributed by atoms with E-state index in [0.717, 1.165) is 24.5 Å². The van der Waals surface area contributed by atoms with E-state index in [-0.39, 0.29) is 35.7 Å². The predicted octanol–water partition coefficient (Wildman–Crippen LogP) is 2.61. The molecule has 0 aromatic heterocycles. The number of hydrogen-bond donors (Lipinski definition) is 2. The van der Waals surface area contributed by atoms with E-state index in [1.54, 1.807) is 12.1 Å². The van der Waals surface area contributed by atoms with Crippen molar-refractivity contribution in [2.75, 3.05) is 26.2 Å². The van der Waals surface area contributed by atoms with E-state index in [4.69, 9.17) is 4.74 Å². The van der Waals surface area contributed by atoms with Gasteiger partial charge in [-0.1, -0.05) is 12.1 Å². The molecule has 0 saturated carbocycles. The van der Waals surface area contributed by atoms with Crippen LogP contribution >= 0.6 is 0 Å². The van der Waals surface area contributed by atoms with Gasteiger partial charge in [0.15, 0.2) is 5.75 Å². The number of nitro benzene ring substituents is 1. The Morgan fingerprint density at radius 2 is 1.88 bits per heavy atom. The fourth-order valence-electron chi connectivity index (χ4n) is 3.43. The van der Waals surface area contributed by atoms with Crippen LogP contribution in [0.5, 0.6) is 5.75 Å². The third-order valence-electron chi connectivity index (χ3n) is 5.29. The number of aliphatic hydroxyl groups excluding tert-OH is 1. The van der Waals surface area contributed by atoms with Gasteiger partial charge in [-0.05, 0) is 49.6 Å². The van der Waals surface area contributed by atoms with Gasteiger partial charge in [0.2, 0.25) is 10.0 Å². The first-order valence-electron chi connectivity index (χ1n) is 10.3. The SMILES string of the molecule is C[C@@H](NC[C@H](O)COc1ccc(S(=O)(=O)N2CCCC2)cc1[N+](=O)[O-])c1ccc(F)cc1. The molecule has 2 atom stereocenters. The van der Waals surface area contributed by atoms with Gasteiger partial charge in [0.05, 0.1) is 9.82 Å². The predicted molar refractivity (Wildman–Crippen MR) is 115 cm³/mol. The van der Waals surface area contributed by atoms with Crippen molar-refractivity contribution in [3.8, 4) is 5.75 Å². The maximum Gasteiger partial charge on any atom is 0.312 e. The molecule has 1 saturated heterocycles. The molecular formula is C21H26FN3O6S. The first kappa shape index (κ1) is 24.1. The molecule has 9 nitrogen and oxygen atoms in total. The molecule has 32 heavy (non-hydrogen) atoms. The van der Waals surface area contributed by atoms with Gasteiger partial charge in [0.25, 0.3) is 0 Å². The third kappa shape index (κ3) is 5.80. The second kappa shape index (κ2) is 10.3. The molecule has 1 aliphatic rings. The maximum atomic E-state index is 13.0. The van der Waals surface area contributed by atoms with E-state index < -0.39 is 26.7 Å². The minimum absolute atomic E-state index is 0.124. The Morgan fingerprint density at radius 3 is 2.50 bits per heavy atom. The van der Waals surface area contributed by atoms with Crippen molar-refractivity contribution in [2.24, 2.45) is 0 Å². The molecular weight excluding hydrogens is 441 g/mol. The van der Waals surface area contributed by atoms with Gasteiger partial charge in [-0.25, -0.2) is 12.8 Å². The number of halogens is 1. The lowest BCUT2D eigenvalue weighted by Crippen LogP contribution is -2.33. The summed E-state index contributed by atoms with van der Waals surface area (Å²) >= 11 is 0. The normalized spacial score (nSPS) is 16.6. The minimum Gasteiger partial charge on any atom is -0.484 e. The Balaban J connectivity index is 1.61. The summed E-state index contributed by atoms with van der Waals surface area (Å²) in [4.78, 5) is 10.6. The van der Waals surface area contributed by atoms with E-state index in [2.05, 4.69) is 5.32 Å². The molecule has 0 aliphatic carbocycles. The molecule has 2 aromatic rings. The van der Waals surface area contributed by atoms with Crippen LogP contribution in [0.15, 0.2) is 47.4 Å². The quantitative estimate of drug-likeness (QED) is 0.407. The number of benzene rings is 2. The van der Waals surface area contributed by atoms with Crippen LogP contribution < -0.4 is 10.1 Å². The largest absolute Gasteiger partial charge is 0.484 e. The topological polar surface area (TPSA) is 122 Å². The second-order valence-corrected chi connectivity index (χ2v) is 9.58. The van der Waals surface area contributed by atoms with Gasteiger partial charge in [0, 0.05) is 31.7 Å². The first-order valence-corrected chi connectivity index (χ1v) is 11.7. The van der Waals surface area contributed by atoms with E-state index in [9.17, 15) is 28.0 Å². The fraction of sp³-hybridized carbons (Fsp3) is 0.429. The van der Waals surface area contributed by atoms with Crippen molar-refractivity contribution in [2.45, 2.75) is 36.8 Å². The van der Waals surface area contributed by atoms with Crippen molar-refractivity contribution in [3.05, 3.63) is 64.0 Å². The molecule has 1 heterocycles. The number of nitro groups is 1. The highest BCUT2D eigenvalue weighted by Gasteiger charge is 2.30. The Morgan fingerprint density at radius 1 is 1.22 bits per heavy atom. The molecule has 1 aliphatic heterocycles. The average Bonchev–Trinajstić information content (AvgIpc) is 3.32. The molecule has 0 unspecified atom stereocenters. The van der Waals surface area contributed by atoms with E-state index in [0.29, 0.717) is 13.1 Å². The van der Waals surface area contributed by atoms with Crippen LogP contribution in [0, 0.1) is 15.9 Å². The van der Waals surface area contributed by atoms with E-state index in [1.165, 1.54) is 28.6 Å². The molecule has 174 valence electrons. The molecule has 2 aromatic carbocycles. The van der Waals surface area contributed by atoms with Gasteiger partial charge < -0.3 is 15.2 Å². The first-order chi connectivity index (χ1) is 15.2. The van der Waals surface area contributed by atoms with Gasteiger partial charge in [-0.3, -0.25) is 10.1 Å². The van der Waals surface area contributed by atoms with Crippen LogP contribution in [-0.4, -0.2) is 55.1 Å². The van der Waals surface area contributed by atoms with Gasteiger partial charge >= 0.3 is 5.69 Å². The smallest absolute Gasteiger partial charge is 0.312 e. The summed E-state index contributed by atoms with van der Waals surface area (Å²) in [5.74, 6) is -0.462. The zero-order valence-corrected chi connectivity index (χ0v) is 18.4. The number of nitrogens with zero attached hydrogens (tertiary/aromatic N) is 2. The second-order valence-electron chi connectivity index (χ2n) is 7.64. The minimum atomic E-state index is -3.80. The summed E-state index contributed by atoms with van der Waals surface area (Å²) in [5, 5.41) is 24.7. The van der Waals surface area contributed by atoms with Crippen molar-refractivity contribution >= 4 is 15.7 Å². The fourth-order valence-corrected chi connectivity index (χ4v) is 4.96. The van der Waals surface area contributed by atoms with Gasteiger partial charge in [0.1, 0.15) is 18.5 Å². The highest BCUT2D eigenvalue weighted by atomic mass is 32.2. The van der Waals surface area contributed by atoms with Crippen molar-refractivity contribution in [1.29, 1.82) is 0 Å². The van der Waals surface area contributed by atoms with Crippen LogP contribution in [0.25, 0.3) is 0 Å². The molecule has 11 heteroatoms. The lowest BCUT2D eigenvalue weighted by atomic mass is 10.1. The Kier molecular flexibility index (Phi) is 7.77. The number of hydrogen-bond acceptors (Lipinski definition) is 7. The Labute approximate surface area is 186 Å². The van der Waals surface area contributed by atoms with Crippen LogP contribution in [0.4, 0.5) is 10.1 Å². The van der Waals surface area contributed by atoms with Crippen molar-refractivity contribution in [3.63, 3.8) is 0 Å². The summed E-state index contributed by atoms with van der Waals surface area (Å²) < 4.78 is 45.1. The maximum absolute atomic E-state index is 13.0. The highest BCUT2D eigenvalue weighted by Crippen LogP contribution is 2.32. The molecule has 0 spiro atoms. The molecule has 0 radical (unpaired) electrons. The number of sulfonamides is 1. The van der Waals surface area contributed by atoms with Crippen molar-refractivity contribution in [1.82, 2.24) is 9.62 Å². The molecule has 2 N–H and O–H groups in total. The van der Waals surface area contributed by atoms with E-state index in [1.807, 2.05) is 6.92 Å². The summed E-state index contributed by atoms with van der Waals surface area (Å²) in [5.41, 5.74) is 0.357. The van der Waals surface area contributed by atoms with Crippen LogP contribution in [0.3, 0.4) is 0 Å². The summed E-state index contributed by atoms with van der Waals surface area (Å²) in [6.45, 7) is 2.54. The summed E-state index contributed by atoms with van der Waals surface area (Å²) in [7, 11) is -3.80. The number of aliphatic hydroxyl groups is 1.